The molecule has 6 nitrogen and oxygen atoms in total. The maximum absolute atomic E-state index is 14.0. The standard InChI is InChI=1S/C17H16Cl2FN3O3S/c18-11-8-10(9-12(19)16(11)21)22-17(24)14-5-3-7-23(14)27(25,26)15-6-2-1-4-13(15)20/h1-2,4,6,8-9,14H,3,5,7,21H2,(H,22,24)/t14-/m0/s1. The number of nitrogen functional groups attached to an aromatic ring is 1. The smallest absolute Gasteiger partial charge is 0.246 e. The van der Waals surface area contributed by atoms with E-state index < -0.39 is 32.7 Å². The van der Waals surface area contributed by atoms with Crippen LogP contribution in [-0.4, -0.2) is 31.2 Å². The van der Waals surface area contributed by atoms with Crippen LogP contribution < -0.4 is 11.1 Å². The molecule has 0 saturated carbocycles. The van der Waals surface area contributed by atoms with E-state index >= 15 is 0 Å². The molecule has 2 aromatic rings. The molecule has 3 N–H and O–H groups in total. The molecule has 144 valence electrons. The van der Waals surface area contributed by atoms with Crippen molar-refractivity contribution in [2.45, 2.75) is 23.8 Å². The van der Waals surface area contributed by atoms with Crippen molar-refractivity contribution in [3.8, 4) is 0 Å². The van der Waals surface area contributed by atoms with E-state index in [1.165, 1.54) is 30.3 Å². The number of hydrogen-bond acceptors (Lipinski definition) is 4. The summed E-state index contributed by atoms with van der Waals surface area (Å²) in [5.41, 5.74) is 6.13. The predicted octanol–water partition coefficient (Wildman–Crippen LogP) is 3.51. The predicted molar refractivity (Wildman–Crippen MR) is 103 cm³/mol. The Balaban J connectivity index is 1.86. The first-order valence-electron chi connectivity index (χ1n) is 8.03. The van der Waals surface area contributed by atoms with E-state index in [2.05, 4.69) is 5.32 Å². The summed E-state index contributed by atoms with van der Waals surface area (Å²) in [6.07, 6.45) is 0.797. The monoisotopic (exact) mass is 431 g/mol. The summed E-state index contributed by atoms with van der Waals surface area (Å²) in [5, 5.41) is 2.93. The Morgan fingerprint density at radius 2 is 1.85 bits per heavy atom. The average Bonchev–Trinajstić information content (AvgIpc) is 3.10. The molecular weight excluding hydrogens is 416 g/mol. The molecule has 1 aliphatic heterocycles. The molecule has 0 aromatic heterocycles. The highest BCUT2D eigenvalue weighted by molar-refractivity contribution is 7.89. The highest BCUT2D eigenvalue weighted by atomic mass is 35.5. The Bertz CT molecular complexity index is 978. The third kappa shape index (κ3) is 3.89. The summed E-state index contributed by atoms with van der Waals surface area (Å²) < 4.78 is 40.7. The van der Waals surface area contributed by atoms with E-state index in [4.69, 9.17) is 28.9 Å². The molecule has 0 unspecified atom stereocenters. The number of nitrogens with one attached hydrogen (secondary N) is 1. The van der Waals surface area contributed by atoms with Gasteiger partial charge in [0.15, 0.2) is 0 Å². The van der Waals surface area contributed by atoms with Gasteiger partial charge in [0.2, 0.25) is 15.9 Å². The van der Waals surface area contributed by atoms with E-state index in [1.807, 2.05) is 0 Å². The van der Waals surface area contributed by atoms with Gasteiger partial charge in [-0.3, -0.25) is 4.79 Å². The Morgan fingerprint density at radius 1 is 1.22 bits per heavy atom. The van der Waals surface area contributed by atoms with Crippen molar-refractivity contribution in [3.05, 3.63) is 52.3 Å². The first-order chi connectivity index (χ1) is 12.7. The zero-order valence-corrected chi connectivity index (χ0v) is 16.3. The molecule has 0 radical (unpaired) electrons. The SMILES string of the molecule is Nc1c(Cl)cc(NC(=O)[C@@H]2CCCN2S(=O)(=O)c2ccccc2F)cc1Cl. The Hall–Kier alpha value is -1.87. The van der Waals surface area contributed by atoms with Crippen molar-refractivity contribution in [1.82, 2.24) is 4.31 Å². The third-order valence-corrected chi connectivity index (χ3v) is 6.84. The number of benzene rings is 2. The van der Waals surface area contributed by atoms with Crippen LogP contribution in [0.25, 0.3) is 0 Å². The molecule has 0 spiro atoms. The molecule has 0 aliphatic carbocycles. The van der Waals surface area contributed by atoms with Gasteiger partial charge in [-0.25, -0.2) is 12.8 Å². The molecule has 1 aliphatic rings. The molecule has 1 amide bonds. The Morgan fingerprint density at radius 3 is 2.48 bits per heavy atom. The zero-order chi connectivity index (χ0) is 19.8. The molecule has 0 bridgehead atoms. The van der Waals surface area contributed by atoms with Gasteiger partial charge in [0.25, 0.3) is 0 Å². The fourth-order valence-electron chi connectivity index (χ4n) is 2.95. The number of amides is 1. The number of rotatable bonds is 4. The van der Waals surface area contributed by atoms with Gasteiger partial charge in [-0.2, -0.15) is 4.31 Å². The van der Waals surface area contributed by atoms with E-state index in [0.717, 1.165) is 10.4 Å². The lowest BCUT2D eigenvalue weighted by Crippen LogP contribution is -2.43. The topological polar surface area (TPSA) is 92.5 Å². The lowest BCUT2D eigenvalue weighted by molar-refractivity contribution is -0.119. The van der Waals surface area contributed by atoms with Crippen molar-refractivity contribution in [2.75, 3.05) is 17.6 Å². The van der Waals surface area contributed by atoms with Crippen LogP contribution in [0.4, 0.5) is 15.8 Å². The molecule has 10 heteroatoms. The second-order valence-corrected chi connectivity index (χ2v) is 8.72. The van der Waals surface area contributed by atoms with Crippen LogP contribution in [0.3, 0.4) is 0 Å². The normalized spacial score (nSPS) is 17.8. The van der Waals surface area contributed by atoms with Gasteiger partial charge in [-0.15, -0.1) is 0 Å². The summed E-state index contributed by atoms with van der Waals surface area (Å²) in [5.74, 6) is -1.41. The second-order valence-electron chi connectivity index (χ2n) is 6.05. The number of nitrogens with zero attached hydrogens (tertiary/aromatic N) is 1. The number of anilines is 2. The number of halogens is 3. The van der Waals surface area contributed by atoms with Gasteiger partial charge in [0.05, 0.1) is 15.7 Å². The molecule has 1 saturated heterocycles. The van der Waals surface area contributed by atoms with E-state index in [0.29, 0.717) is 18.5 Å². The number of sulfonamides is 1. The minimum atomic E-state index is -4.15. The largest absolute Gasteiger partial charge is 0.396 e. The fraction of sp³-hybridized carbons (Fsp3) is 0.235. The van der Waals surface area contributed by atoms with Gasteiger partial charge < -0.3 is 11.1 Å². The molecule has 3 rings (SSSR count). The first kappa shape index (κ1) is 19.9. The van der Waals surface area contributed by atoms with Crippen LogP contribution in [0.5, 0.6) is 0 Å². The van der Waals surface area contributed by atoms with Crippen LogP contribution in [0, 0.1) is 5.82 Å². The number of hydrogen-bond donors (Lipinski definition) is 2. The molecule has 1 heterocycles. The van der Waals surface area contributed by atoms with Crippen LogP contribution in [-0.2, 0) is 14.8 Å². The van der Waals surface area contributed by atoms with Gasteiger partial charge in [-0.1, -0.05) is 35.3 Å². The van der Waals surface area contributed by atoms with Crippen LogP contribution in [0.2, 0.25) is 10.0 Å². The Kier molecular flexibility index (Phi) is 5.62. The van der Waals surface area contributed by atoms with Gasteiger partial charge >= 0.3 is 0 Å². The van der Waals surface area contributed by atoms with Crippen molar-refractivity contribution in [3.63, 3.8) is 0 Å². The molecular formula is C17H16Cl2FN3O3S. The molecule has 27 heavy (non-hydrogen) atoms. The number of nitrogens with two attached hydrogens (primary N) is 1. The summed E-state index contributed by atoms with van der Waals surface area (Å²) in [7, 11) is -4.15. The van der Waals surface area contributed by atoms with Crippen LogP contribution in [0.1, 0.15) is 12.8 Å². The van der Waals surface area contributed by atoms with Gasteiger partial charge in [0.1, 0.15) is 16.8 Å². The lowest BCUT2D eigenvalue weighted by atomic mass is 10.2. The maximum atomic E-state index is 14.0. The van der Waals surface area contributed by atoms with Crippen molar-refractivity contribution in [2.24, 2.45) is 0 Å². The van der Waals surface area contributed by atoms with Crippen LogP contribution in [0.15, 0.2) is 41.3 Å². The average molecular weight is 432 g/mol. The minimum Gasteiger partial charge on any atom is -0.396 e. The highest BCUT2D eigenvalue weighted by Crippen LogP contribution is 2.32. The van der Waals surface area contributed by atoms with Crippen molar-refractivity contribution in [1.29, 1.82) is 0 Å². The minimum absolute atomic E-state index is 0.123. The van der Waals surface area contributed by atoms with Crippen molar-refractivity contribution < 1.29 is 17.6 Å². The first-order valence-corrected chi connectivity index (χ1v) is 10.2. The third-order valence-electron chi connectivity index (χ3n) is 4.28. The highest BCUT2D eigenvalue weighted by Gasteiger charge is 2.40. The van der Waals surface area contributed by atoms with E-state index in [1.54, 1.807) is 0 Å². The summed E-state index contributed by atoms with van der Waals surface area (Å²) in [4.78, 5) is 12.2. The van der Waals surface area contributed by atoms with Crippen molar-refractivity contribution >= 4 is 50.5 Å². The zero-order valence-electron chi connectivity index (χ0n) is 14.0. The van der Waals surface area contributed by atoms with Crippen LogP contribution >= 0.6 is 23.2 Å². The number of carbonyl (C=O) groups excluding carboxylic acids is 1. The quantitative estimate of drug-likeness (QED) is 0.724. The lowest BCUT2D eigenvalue weighted by Gasteiger charge is -2.23. The van der Waals surface area contributed by atoms with Gasteiger partial charge in [-0.05, 0) is 37.1 Å². The summed E-state index contributed by atoms with van der Waals surface area (Å²) in [6.45, 7) is 0.123. The molecule has 1 atom stereocenters. The second kappa shape index (κ2) is 7.63. The fourth-order valence-corrected chi connectivity index (χ4v) is 5.16. The van der Waals surface area contributed by atoms with E-state index in [-0.39, 0.29) is 22.3 Å². The summed E-state index contributed by atoms with van der Waals surface area (Å²) in [6, 6.07) is 6.95. The van der Waals surface area contributed by atoms with Gasteiger partial charge in [0, 0.05) is 12.2 Å². The Labute approximate surface area is 166 Å². The number of carbonyl (C=O) groups is 1. The van der Waals surface area contributed by atoms with E-state index in [9.17, 15) is 17.6 Å². The molecule has 2 aromatic carbocycles. The summed E-state index contributed by atoms with van der Waals surface area (Å²) >= 11 is 11.9. The molecule has 1 fully saturated rings. The maximum Gasteiger partial charge on any atom is 0.246 e.